The monoisotopic (exact) mass is 435 g/mol. The van der Waals surface area contributed by atoms with Crippen LogP contribution in [-0.4, -0.2) is 49.1 Å². The number of H-pyrrole nitrogens is 2. The SMILES string of the molecule is CN(C)Cc1cncc(-c2ccc3[nH]nc(-c4nc5nccc(-c6ccoc6)c5[nH]4)c3c2)c1. The van der Waals surface area contributed by atoms with E-state index in [1.165, 1.54) is 5.56 Å². The lowest BCUT2D eigenvalue weighted by atomic mass is 10.0. The lowest BCUT2D eigenvalue weighted by molar-refractivity contribution is 0.402. The van der Waals surface area contributed by atoms with E-state index >= 15 is 0 Å². The minimum absolute atomic E-state index is 0.636. The minimum atomic E-state index is 0.636. The molecule has 0 spiro atoms. The molecular formula is C25H21N7O. The predicted molar refractivity (Wildman–Crippen MR) is 127 cm³/mol. The Kier molecular flexibility index (Phi) is 4.51. The van der Waals surface area contributed by atoms with E-state index in [9.17, 15) is 0 Å². The lowest BCUT2D eigenvalue weighted by Crippen LogP contribution is -2.10. The summed E-state index contributed by atoms with van der Waals surface area (Å²) in [6.45, 7) is 0.838. The van der Waals surface area contributed by atoms with Crippen LogP contribution in [0.2, 0.25) is 0 Å². The first-order valence-corrected chi connectivity index (χ1v) is 10.6. The van der Waals surface area contributed by atoms with Gasteiger partial charge in [0, 0.05) is 47.2 Å². The molecule has 8 nitrogen and oxygen atoms in total. The Labute approximate surface area is 189 Å². The molecule has 0 bridgehead atoms. The van der Waals surface area contributed by atoms with Crippen LogP contribution in [0, 0.1) is 0 Å². The number of pyridine rings is 2. The maximum absolute atomic E-state index is 5.26. The van der Waals surface area contributed by atoms with Crippen LogP contribution in [0.3, 0.4) is 0 Å². The lowest BCUT2D eigenvalue weighted by Gasteiger charge is -2.10. The van der Waals surface area contributed by atoms with Crippen molar-refractivity contribution < 1.29 is 4.42 Å². The van der Waals surface area contributed by atoms with Crippen LogP contribution < -0.4 is 0 Å². The van der Waals surface area contributed by atoms with E-state index in [4.69, 9.17) is 9.40 Å². The molecule has 0 aliphatic carbocycles. The van der Waals surface area contributed by atoms with Gasteiger partial charge in [0.25, 0.3) is 0 Å². The normalized spacial score (nSPS) is 11.7. The molecule has 0 amide bonds. The van der Waals surface area contributed by atoms with Crippen molar-refractivity contribution in [3.05, 3.63) is 73.1 Å². The van der Waals surface area contributed by atoms with E-state index in [1.807, 2.05) is 30.6 Å². The Hall–Kier alpha value is -4.30. The summed E-state index contributed by atoms with van der Waals surface area (Å²) < 4.78 is 5.26. The van der Waals surface area contributed by atoms with E-state index < -0.39 is 0 Å². The average molecular weight is 435 g/mol. The highest BCUT2D eigenvalue weighted by Gasteiger charge is 2.16. The third-order valence-electron chi connectivity index (χ3n) is 5.64. The number of nitrogens with zero attached hydrogens (tertiary/aromatic N) is 5. The molecule has 0 saturated heterocycles. The first-order chi connectivity index (χ1) is 16.2. The standard InChI is InChI=1S/C25H21N7O/c1-32(2)13-15-9-18(12-26-11-15)16-3-4-21-20(10-16)23(31-30-21)25-28-22-19(17-6-8-33-14-17)5-7-27-24(22)29-25/h3-12,14H,13H2,1-2H3,(H,30,31)(H,27,28,29). The number of aromatic amines is 2. The molecule has 6 aromatic rings. The van der Waals surface area contributed by atoms with Crippen LogP contribution in [0.15, 0.2) is 71.9 Å². The van der Waals surface area contributed by atoms with Gasteiger partial charge in [-0.05, 0) is 55.6 Å². The van der Waals surface area contributed by atoms with E-state index in [0.29, 0.717) is 11.5 Å². The Morgan fingerprint density at radius 3 is 2.79 bits per heavy atom. The summed E-state index contributed by atoms with van der Waals surface area (Å²) in [7, 11) is 4.10. The van der Waals surface area contributed by atoms with E-state index in [-0.39, 0.29) is 0 Å². The smallest absolute Gasteiger partial charge is 0.178 e. The summed E-state index contributed by atoms with van der Waals surface area (Å²) in [6, 6.07) is 12.3. The van der Waals surface area contributed by atoms with Gasteiger partial charge in [-0.25, -0.2) is 9.97 Å². The van der Waals surface area contributed by atoms with Crippen LogP contribution in [0.5, 0.6) is 0 Å². The number of aromatic nitrogens is 6. The van der Waals surface area contributed by atoms with Crippen molar-refractivity contribution in [3.63, 3.8) is 0 Å². The topological polar surface area (TPSA) is 99.5 Å². The molecule has 2 N–H and O–H groups in total. The Morgan fingerprint density at radius 1 is 1.00 bits per heavy atom. The summed E-state index contributed by atoms with van der Waals surface area (Å²) in [5, 5.41) is 8.66. The zero-order valence-electron chi connectivity index (χ0n) is 18.2. The maximum Gasteiger partial charge on any atom is 0.178 e. The van der Waals surface area contributed by atoms with Crippen molar-refractivity contribution in [1.29, 1.82) is 0 Å². The molecule has 6 rings (SSSR count). The number of benzene rings is 1. The summed E-state index contributed by atoms with van der Waals surface area (Å²) in [5.41, 5.74) is 8.44. The van der Waals surface area contributed by atoms with Gasteiger partial charge in [0.2, 0.25) is 0 Å². The first kappa shape index (κ1) is 19.4. The molecule has 1 aromatic carbocycles. The van der Waals surface area contributed by atoms with Gasteiger partial charge in [-0.3, -0.25) is 10.1 Å². The molecule has 0 unspecified atom stereocenters. The van der Waals surface area contributed by atoms with Crippen LogP contribution in [0.1, 0.15) is 5.56 Å². The van der Waals surface area contributed by atoms with Gasteiger partial charge in [0.1, 0.15) is 5.69 Å². The van der Waals surface area contributed by atoms with Crippen LogP contribution in [0.25, 0.3) is 55.8 Å². The van der Waals surface area contributed by atoms with Crippen molar-refractivity contribution in [1.82, 2.24) is 35.0 Å². The van der Waals surface area contributed by atoms with E-state index in [0.717, 1.165) is 50.9 Å². The van der Waals surface area contributed by atoms with Crippen LogP contribution >= 0.6 is 0 Å². The van der Waals surface area contributed by atoms with Crippen molar-refractivity contribution in [2.45, 2.75) is 6.54 Å². The second-order valence-corrected chi connectivity index (χ2v) is 8.31. The molecule has 0 aliphatic heterocycles. The second-order valence-electron chi connectivity index (χ2n) is 8.31. The third-order valence-corrected chi connectivity index (χ3v) is 5.64. The van der Waals surface area contributed by atoms with Crippen molar-refractivity contribution >= 4 is 22.1 Å². The first-order valence-electron chi connectivity index (χ1n) is 10.6. The molecule has 0 saturated carbocycles. The molecular weight excluding hydrogens is 414 g/mol. The number of hydrogen-bond donors (Lipinski definition) is 2. The summed E-state index contributed by atoms with van der Waals surface area (Å²) in [4.78, 5) is 19.2. The van der Waals surface area contributed by atoms with Crippen LogP contribution in [-0.2, 0) is 6.54 Å². The molecule has 0 atom stereocenters. The highest BCUT2D eigenvalue weighted by atomic mass is 16.3. The van der Waals surface area contributed by atoms with Crippen LogP contribution in [0.4, 0.5) is 0 Å². The Morgan fingerprint density at radius 2 is 1.94 bits per heavy atom. The summed E-state index contributed by atoms with van der Waals surface area (Å²) in [6.07, 6.45) is 8.92. The van der Waals surface area contributed by atoms with E-state index in [1.54, 1.807) is 18.7 Å². The van der Waals surface area contributed by atoms with Gasteiger partial charge >= 0.3 is 0 Å². The summed E-state index contributed by atoms with van der Waals surface area (Å²) in [5.74, 6) is 0.663. The molecule has 8 heteroatoms. The molecule has 162 valence electrons. The van der Waals surface area contributed by atoms with Crippen molar-refractivity contribution in [2.24, 2.45) is 0 Å². The quantitative estimate of drug-likeness (QED) is 0.400. The highest BCUT2D eigenvalue weighted by molar-refractivity contribution is 5.97. The largest absolute Gasteiger partial charge is 0.472 e. The zero-order chi connectivity index (χ0) is 22.4. The fourth-order valence-electron chi connectivity index (χ4n) is 4.15. The van der Waals surface area contributed by atoms with E-state index in [2.05, 4.69) is 62.3 Å². The predicted octanol–water partition coefficient (Wildman–Crippen LogP) is 4.88. The third kappa shape index (κ3) is 3.46. The Balaban J connectivity index is 1.45. The molecule has 0 fully saturated rings. The highest BCUT2D eigenvalue weighted by Crippen LogP contribution is 2.32. The number of fused-ring (bicyclic) bond motifs is 2. The van der Waals surface area contributed by atoms with Gasteiger partial charge in [-0.15, -0.1) is 0 Å². The second kappa shape index (κ2) is 7.68. The minimum Gasteiger partial charge on any atom is -0.472 e. The number of nitrogens with one attached hydrogen (secondary N) is 2. The van der Waals surface area contributed by atoms with Crippen molar-refractivity contribution in [2.75, 3.05) is 14.1 Å². The van der Waals surface area contributed by atoms with Gasteiger partial charge in [-0.1, -0.05) is 6.07 Å². The molecule has 0 aliphatic rings. The summed E-state index contributed by atoms with van der Waals surface area (Å²) >= 11 is 0. The molecule has 0 radical (unpaired) electrons. The maximum atomic E-state index is 5.26. The number of hydrogen-bond acceptors (Lipinski definition) is 6. The Bertz CT molecular complexity index is 1580. The molecule has 5 aromatic heterocycles. The van der Waals surface area contributed by atoms with Gasteiger partial charge < -0.3 is 14.3 Å². The zero-order valence-corrected chi connectivity index (χ0v) is 18.2. The van der Waals surface area contributed by atoms with Gasteiger partial charge in [0.15, 0.2) is 11.5 Å². The van der Waals surface area contributed by atoms with Crippen molar-refractivity contribution in [3.8, 4) is 33.8 Å². The van der Waals surface area contributed by atoms with Gasteiger partial charge in [0.05, 0.1) is 23.6 Å². The number of rotatable bonds is 5. The van der Waals surface area contributed by atoms with Gasteiger partial charge in [-0.2, -0.15) is 5.10 Å². The molecule has 33 heavy (non-hydrogen) atoms. The fraction of sp³-hybridized carbons (Fsp3) is 0.120. The number of furan rings is 1. The molecule has 5 heterocycles. The average Bonchev–Trinajstić information content (AvgIpc) is 3.57. The fourth-order valence-corrected chi connectivity index (χ4v) is 4.15. The number of imidazole rings is 1.